The molecular weight excluding hydrogens is 520 g/mol. The molecule has 4 aliphatic carbocycles. The highest BCUT2D eigenvalue weighted by molar-refractivity contribution is 5.87. The summed E-state index contributed by atoms with van der Waals surface area (Å²) in [7, 11) is 1.52. The number of methoxy groups -OCH3 is 1. The van der Waals surface area contributed by atoms with E-state index < -0.39 is 0 Å². The molecule has 42 heavy (non-hydrogen) atoms. The number of phenolic OH excluding ortho intramolecular Hbond substituents is 1. The van der Waals surface area contributed by atoms with E-state index in [0.29, 0.717) is 22.5 Å². The Morgan fingerprint density at radius 3 is 2.45 bits per heavy atom. The zero-order valence-corrected chi connectivity index (χ0v) is 27.5. The van der Waals surface area contributed by atoms with Crippen LogP contribution in [0.4, 0.5) is 0 Å². The van der Waals surface area contributed by atoms with Gasteiger partial charge in [-0.25, -0.2) is 4.79 Å². The summed E-state index contributed by atoms with van der Waals surface area (Å²) in [6.07, 6.45) is 17.6. The van der Waals surface area contributed by atoms with Crippen LogP contribution in [0.3, 0.4) is 0 Å². The molecule has 0 unspecified atom stereocenters. The fraction of sp³-hybridized carbons (Fsp3) is 0.763. The first-order valence-corrected chi connectivity index (χ1v) is 17.2. The van der Waals surface area contributed by atoms with Crippen LogP contribution in [0.2, 0.25) is 0 Å². The fourth-order valence-electron chi connectivity index (χ4n) is 10.5. The number of benzene rings is 1. The van der Waals surface area contributed by atoms with Crippen molar-refractivity contribution in [2.24, 2.45) is 58.2 Å². The van der Waals surface area contributed by atoms with Gasteiger partial charge in [-0.3, -0.25) is 0 Å². The van der Waals surface area contributed by atoms with E-state index in [0.717, 1.165) is 59.8 Å². The molecule has 4 fully saturated rings. The summed E-state index contributed by atoms with van der Waals surface area (Å²) in [6, 6.07) is 5.07. The molecule has 4 heteroatoms. The van der Waals surface area contributed by atoms with E-state index in [1.165, 1.54) is 71.0 Å². The number of carbonyl (C=O) groups excluding carboxylic acids is 1. The second-order valence-electron chi connectivity index (χ2n) is 15.8. The van der Waals surface area contributed by atoms with Gasteiger partial charge in [-0.05, 0) is 140 Å². The van der Waals surface area contributed by atoms with Crippen molar-refractivity contribution in [2.45, 2.75) is 118 Å². The number of phenols is 1. The van der Waals surface area contributed by atoms with Gasteiger partial charge in [0.1, 0.15) is 6.10 Å². The molecular formula is C38H58O4. The van der Waals surface area contributed by atoms with Gasteiger partial charge in [-0.1, -0.05) is 60.5 Å². The molecule has 10 atom stereocenters. The van der Waals surface area contributed by atoms with E-state index in [-0.39, 0.29) is 17.8 Å². The lowest BCUT2D eigenvalue weighted by Gasteiger charge is -2.61. The first-order chi connectivity index (χ1) is 20.0. The van der Waals surface area contributed by atoms with Crippen molar-refractivity contribution in [3.05, 3.63) is 29.8 Å². The van der Waals surface area contributed by atoms with Crippen molar-refractivity contribution >= 4 is 12.0 Å². The lowest BCUT2D eigenvalue weighted by Crippen LogP contribution is -2.54. The van der Waals surface area contributed by atoms with Gasteiger partial charge < -0.3 is 14.6 Å². The van der Waals surface area contributed by atoms with Gasteiger partial charge in [-0.15, -0.1) is 0 Å². The Labute approximate surface area is 256 Å². The van der Waals surface area contributed by atoms with E-state index in [1.807, 2.05) is 0 Å². The van der Waals surface area contributed by atoms with Crippen molar-refractivity contribution in [2.75, 3.05) is 7.11 Å². The van der Waals surface area contributed by atoms with Gasteiger partial charge in [-0.2, -0.15) is 0 Å². The molecule has 4 aliphatic rings. The van der Waals surface area contributed by atoms with Crippen molar-refractivity contribution < 1.29 is 19.4 Å². The van der Waals surface area contributed by atoms with Crippen LogP contribution in [0.5, 0.6) is 11.5 Å². The monoisotopic (exact) mass is 578 g/mol. The number of esters is 1. The number of rotatable bonds is 9. The Kier molecular flexibility index (Phi) is 9.41. The summed E-state index contributed by atoms with van der Waals surface area (Å²) in [5, 5.41) is 9.82. The van der Waals surface area contributed by atoms with Crippen LogP contribution in [0.1, 0.15) is 118 Å². The predicted molar refractivity (Wildman–Crippen MR) is 171 cm³/mol. The van der Waals surface area contributed by atoms with Gasteiger partial charge in [0.15, 0.2) is 11.5 Å². The zero-order chi connectivity index (χ0) is 30.2. The van der Waals surface area contributed by atoms with E-state index in [2.05, 4.69) is 41.5 Å². The van der Waals surface area contributed by atoms with Crippen molar-refractivity contribution in [1.29, 1.82) is 0 Å². The number of aromatic hydroxyl groups is 1. The number of fused-ring (bicyclic) bond motifs is 5. The number of hydrogen-bond donors (Lipinski definition) is 1. The quantitative estimate of drug-likeness (QED) is 0.234. The second-order valence-corrected chi connectivity index (χ2v) is 15.8. The highest BCUT2D eigenvalue weighted by Gasteiger charge is 2.60. The third-order valence-corrected chi connectivity index (χ3v) is 13.5. The highest BCUT2D eigenvalue weighted by Crippen LogP contribution is 2.68. The number of carbonyl (C=O) groups is 1. The summed E-state index contributed by atoms with van der Waals surface area (Å²) < 4.78 is 11.2. The third kappa shape index (κ3) is 6.03. The summed E-state index contributed by atoms with van der Waals surface area (Å²) in [5.74, 6) is 6.88. The first-order valence-electron chi connectivity index (χ1n) is 17.2. The van der Waals surface area contributed by atoms with Gasteiger partial charge in [0, 0.05) is 6.08 Å². The maximum absolute atomic E-state index is 12.7. The van der Waals surface area contributed by atoms with Gasteiger partial charge in [0.25, 0.3) is 0 Å². The van der Waals surface area contributed by atoms with E-state index in [4.69, 9.17) is 9.47 Å². The highest BCUT2D eigenvalue weighted by atomic mass is 16.5. The maximum Gasteiger partial charge on any atom is 0.331 e. The number of hydrogen-bond acceptors (Lipinski definition) is 4. The van der Waals surface area contributed by atoms with Gasteiger partial charge >= 0.3 is 5.97 Å². The molecule has 0 saturated heterocycles. The van der Waals surface area contributed by atoms with Crippen LogP contribution < -0.4 is 4.74 Å². The fourth-order valence-corrected chi connectivity index (χ4v) is 10.5. The van der Waals surface area contributed by atoms with E-state index >= 15 is 0 Å². The van der Waals surface area contributed by atoms with Crippen molar-refractivity contribution in [3.63, 3.8) is 0 Å². The van der Waals surface area contributed by atoms with Crippen LogP contribution in [0, 0.1) is 58.2 Å². The molecule has 0 bridgehead atoms. The minimum absolute atomic E-state index is 0.0185. The van der Waals surface area contributed by atoms with Crippen LogP contribution in [-0.4, -0.2) is 24.3 Å². The molecule has 0 spiro atoms. The molecule has 234 valence electrons. The Morgan fingerprint density at radius 1 is 0.976 bits per heavy atom. The van der Waals surface area contributed by atoms with Crippen molar-refractivity contribution in [3.8, 4) is 11.5 Å². The Hall–Kier alpha value is -1.97. The Morgan fingerprint density at radius 2 is 1.71 bits per heavy atom. The van der Waals surface area contributed by atoms with E-state index in [1.54, 1.807) is 24.3 Å². The predicted octanol–water partition coefficient (Wildman–Crippen LogP) is 9.69. The maximum atomic E-state index is 12.7. The average Bonchev–Trinajstić information content (AvgIpc) is 3.32. The molecule has 4 saturated carbocycles. The third-order valence-electron chi connectivity index (χ3n) is 13.5. The SMILES string of the molecule is COc1cc(/C=C/C(=O)O[C@H]2CC[C@@]3(C)[C@@H](CC[C@@H]4[C@@H]3CC[C@]3(C)[C@@H]([C@H](C)CC[C@@H](C)C(C)C)CC[C@@H]43)C2)ccc1O. The summed E-state index contributed by atoms with van der Waals surface area (Å²) in [5.41, 5.74) is 1.72. The lowest BCUT2D eigenvalue weighted by atomic mass is 9.44. The standard InChI is InChI=1S/C38H58O4/c1-24(2)25(3)8-9-26(4)31-14-15-32-30-13-12-28-23-29(18-20-37(28,5)33(30)19-21-38(31,32)6)42-36(40)17-11-27-10-16-34(39)35(22-27)41-7/h10-11,16-17,22,24-26,28-33,39H,8-9,12-15,18-21,23H2,1-7H3/b17-11+/t25-,26-,28+,29+,30+,31-,32+,33+,37+,38-/m1/s1. The molecule has 0 aromatic heterocycles. The lowest BCUT2D eigenvalue weighted by molar-refractivity contribution is -0.157. The smallest absolute Gasteiger partial charge is 0.331 e. The molecule has 1 aromatic rings. The topological polar surface area (TPSA) is 55.8 Å². The molecule has 5 rings (SSSR count). The molecule has 0 heterocycles. The zero-order valence-electron chi connectivity index (χ0n) is 27.5. The largest absolute Gasteiger partial charge is 0.504 e. The average molecular weight is 579 g/mol. The molecule has 1 N–H and O–H groups in total. The minimum atomic E-state index is -0.272. The second kappa shape index (κ2) is 12.6. The molecule has 0 radical (unpaired) electrons. The first kappa shape index (κ1) is 31.5. The van der Waals surface area contributed by atoms with Crippen LogP contribution in [0.25, 0.3) is 6.08 Å². The molecule has 0 aliphatic heterocycles. The Bertz CT molecular complexity index is 1120. The van der Waals surface area contributed by atoms with Crippen LogP contribution >= 0.6 is 0 Å². The minimum Gasteiger partial charge on any atom is -0.504 e. The van der Waals surface area contributed by atoms with Crippen LogP contribution in [0.15, 0.2) is 24.3 Å². The normalized spacial score (nSPS) is 37.5. The Balaban J connectivity index is 1.18. The molecule has 4 nitrogen and oxygen atoms in total. The summed E-state index contributed by atoms with van der Waals surface area (Å²) >= 11 is 0. The number of ether oxygens (including phenoxy) is 2. The molecule has 1 aromatic carbocycles. The summed E-state index contributed by atoms with van der Waals surface area (Å²) in [4.78, 5) is 12.7. The summed E-state index contributed by atoms with van der Waals surface area (Å²) in [6.45, 7) is 15.1. The van der Waals surface area contributed by atoms with Crippen molar-refractivity contribution in [1.82, 2.24) is 0 Å². The molecule has 0 amide bonds. The van der Waals surface area contributed by atoms with E-state index in [9.17, 15) is 9.90 Å². The van der Waals surface area contributed by atoms with Crippen LogP contribution in [-0.2, 0) is 9.53 Å². The van der Waals surface area contributed by atoms with Gasteiger partial charge in [0.2, 0.25) is 0 Å². The van der Waals surface area contributed by atoms with Gasteiger partial charge in [0.05, 0.1) is 7.11 Å².